The number of likely N-dealkylation sites (N-methyl/N-ethyl adjacent to an activating group) is 1. The first-order valence-electron chi connectivity index (χ1n) is 5.88. The standard InChI is InChI=1S/C13H14BNO4/c1-10(11-6-4-3-5-7-11)14-18-12(16)8-15(2)9-13(17)19-14/h3-7H,1,8-9H2,2H3. The highest BCUT2D eigenvalue weighted by Gasteiger charge is 2.35. The summed E-state index contributed by atoms with van der Waals surface area (Å²) in [5.41, 5.74) is 1.22. The van der Waals surface area contributed by atoms with Crippen molar-refractivity contribution in [3.05, 3.63) is 42.5 Å². The number of carbonyl (C=O) groups is 2. The van der Waals surface area contributed by atoms with Gasteiger partial charge in [-0.05, 0) is 12.6 Å². The minimum Gasteiger partial charge on any atom is -0.494 e. The van der Waals surface area contributed by atoms with E-state index < -0.39 is 19.1 Å². The van der Waals surface area contributed by atoms with Crippen LogP contribution in [0.5, 0.6) is 0 Å². The molecule has 0 spiro atoms. The van der Waals surface area contributed by atoms with Crippen molar-refractivity contribution in [1.82, 2.24) is 4.90 Å². The van der Waals surface area contributed by atoms with Gasteiger partial charge >= 0.3 is 19.1 Å². The fourth-order valence-corrected chi connectivity index (χ4v) is 1.76. The quantitative estimate of drug-likeness (QED) is 0.734. The number of hydrogen-bond acceptors (Lipinski definition) is 5. The molecular formula is C13H14BNO4. The van der Waals surface area contributed by atoms with E-state index in [1.54, 1.807) is 7.05 Å². The van der Waals surface area contributed by atoms with Gasteiger partial charge in [0.05, 0.1) is 13.1 Å². The lowest BCUT2D eigenvalue weighted by Crippen LogP contribution is -2.42. The molecule has 2 rings (SSSR count). The smallest absolute Gasteiger partial charge is 0.494 e. The van der Waals surface area contributed by atoms with Gasteiger partial charge in [0, 0.05) is 5.47 Å². The second-order valence-corrected chi connectivity index (χ2v) is 4.38. The minimum atomic E-state index is -1.06. The van der Waals surface area contributed by atoms with Crippen molar-refractivity contribution in [1.29, 1.82) is 0 Å². The second kappa shape index (κ2) is 5.71. The number of benzene rings is 1. The predicted molar refractivity (Wildman–Crippen MR) is 70.9 cm³/mol. The van der Waals surface area contributed by atoms with Crippen LogP contribution in [0.1, 0.15) is 5.56 Å². The third-order valence-electron chi connectivity index (χ3n) is 2.70. The predicted octanol–water partition coefficient (Wildman–Crippen LogP) is 0.759. The Kier molecular flexibility index (Phi) is 4.01. The van der Waals surface area contributed by atoms with Crippen LogP contribution in [-0.4, -0.2) is 44.1 Å². The first-order chi connectivity index (χ1) is 9.06. The molecule has 1 aliphatic heterocycles. The largest absolute Gasteiger partial charge is 0.636 e. The Morgan fingerprint density at radius 1 is 1.16 bits per heavy atom. The van der Waals surface area contributed by atoms with Crippen LogP contribution in [-0.2, 0) is 18.9 Å². The molecule has 1 aliphatic rings. The SMILES string of the molecule is C=C(B1OC(=O)CN(C)CC(=O)O1)c1ccccc1. The molecule has 19 heavy (non-hydrogen) atoms. The van der Waals surface area contributed by atoms with Crippen LogP contribution in [0.3, 0.4) is 0 Å². The maximum Gasteiger partial charge on any atom is 0.636 e. The van der Waals surface area contributed by atoms with E-state index in [-0.39, 0.29) is 13.1 Å². The second-order valence-electron chi connectivity index (χ2n) is 4.38. The molecule has 0 bridgehead atoms. The average Bonchev–Trinajstić information content (AvgIpc) is 2.36. The molecule has 1 heterocycles. The topological polar surface area (TPSA) is 55.8 Å². The summed E-state index contributed by atoms with van der Waals surface area (Å²) in [6.45, 7) is 3.94. The van der Waals surface area contributed by atoms with E-state index in [2.05, 4.69) is 6.58 Å². The van der Waals surface area contributed by atoms with Crippen molar-refractivity contribution >= 4 is 24.5 Å². The van der Waals surface area contributed by atoms with Crippen LogP contribution in [0.2, 0.25) is 0 Å². The van der Waals surface area contributed by atoms with Gasteiger partial charge in [-0.2, -0.15) is 0 Å². The monoisotopic (exact) mass is 259 g/mol. The molecular weight excluding hydrogens is 245 g/mol. The van der Waals surface area contributed by atoms with Crippen LogP contribution in [0, 0.1) is 0 Å². The van der Waals surface area contributed by atoms with Crippen LogP contribution in [0.25, 0.3) is 5.47 Å². The fraction of sp³-hybridized carbons (Fsp3) is 0.231. The van der Waals surface area contributed by atoms with E-state index in [0.717, 1.165) is 5.56 Å². The van der Waals surface area contributed by atoms with Gasteiger partial charge in [0.25, 0.3) is 0 Å². The van der Waals surface area contributed by atoms with E-state index in [0.29, 0.717) is 5.47 Å². The maximum atomic E-state index is 11.6. The van der Waals surface area contributed by atoms with Gasteiger partial charge in [-0.1, -0.05) is 36.9 Å². The molecule has 98 valence electrons. The normalized spacial score (nSPS) is 17.2. The summed E-state index contributed by atoms with van der Waals surface area (Å²) in [5.74, 6) is -0.894. The molecule has 0 aromatic heterocycles. The molecule has 0 amide bonds. The lowest BCUT2D eigenvalue weighted by atomic mass is 9.75. The van der Waals surface area contributed by atoms with Crippen LogP contribution < -0.4 is 0 Å². The third kappa shape index (κ3) is 3.45. The summed E-state index contributed by atoms with van der Waals surface area (Å²) >= 11 is 0. The molecule has 1 saturated heterocycles. The first kappa shape index (κ1) is 13.4. The zero-order valence-corrected chi connectivity index (χ0v) is 10.7. The zero-order chi connectivity index (χ0) is 13.8. The molecule has 5 nitrogen and oxygen atoms in total. The summed E-state index contributed by atoms with van der Waals surface area (Å²) in [6, 6.07) is 9.16. The number of carbonyl (C=O) groups excluding carboxylic acids is 2. The van der Waals surface area contributed by atoms with E-state index >= 15 is 0 Å². The summed E-state index contributed by atoms with van der Waals surface area (Å²) < 4.78 is 10.3. The van der Waals surface area contributed by atoms with Crippen molar-refractivity contribution in [2.75, 3.05) is 20.1 Å². The summed E-state index contributed by atoms with van der Waals surface area (Å²) in [7, 11) is 0.589. The van der Waals surface area contributed by atoms with Crippen LogP contribution in [0.4, 0.5) is 0 Å². The lowest BCUT2D eigenvalue weighted by molar-refractivity contribution is -0.145. The van der Waals surface area contributed by atoms with Crippen molar-refractivity contribution in [2.24, 2.45) is 0 Å². The number of nitrogens with zero attached hydrogens (tertiary/aromatic N) is 1. The Bertz CT molecular complexity index is 483. The molecule has 0 N–H and O–H groups in total. The van der Waals surface area contributed by atoms with Gasteiger partial charge in [-0.3, -0.25) is 14.5 Å². The minimum absolute atomic E-state index is 0.0493. The molecule has 1 aromatic carbocycles. The van der Waals surface area contributed by atoms with E-state index in [1.165, 1.54) is 4.90 Å². The van der Waals surface area contributed by atoms with Gasteiger partial charge in [0.2, 0.25) is 0 Å². The Hall–Kier alpha value is -2.08. The van der Waals surface area contributed by atoms with Crippen molar-refractivity contribution in [3.63, 3.8) is 0 Å². The van der Waals surface area contributed by atoms with Gasteiger partial charge in [-0.25, -0.2) is 0 Å². The van der Waals surface area contributed by atoms with Crippen molar-refractivity contribution in [2.45, 2.75) is 0 Å². The highest BCUT2D eigenvalue weighted by molar-refractivity contribution is 6.70. The van der Waals surface area contributed by atoms with Crippen molar-refractivity contribution < 1.29 is 18.9 Å². The Balaban J connectivity index is 2.16. The molecule has 0 radical (unpaired) electrons. The van der Waals surface area contributed by atoms with Gasteiger partial charge in [0.1, 0.15) is 0 Å². The third-order valence-corrected chi connectivity index (χ3v) is 2.70. The van der Waals surface area contributed by atoms with E-state index in [1.807, 2.05) is 30.3 Å². The summed E-state index contributed by atoms with van der Waals surface area (Å²) in [6.07, 6.45) is 0. The van der Waals surface area contributed by atoms with Gasteiger partial charge < -0.3 is 9.31 Å². The summed E-state index contributed by atoms with van der Waals surface area (Å²) in [5, 5.41) is 0. The molecule has 1 fully saturated rings. The molecule has 0 atom stereocenters. The maximum absolute atomic E-state index is 11.6. The van der Waals surface area contributed by atoms with Crippen LogP contribution in [0.15, 0.2) is 36.9 Å². The highest BCUT2D eigenvalue weighted by Crippen LogP contribution is 2.18. The number of hydrogen-bond donors (Lipinski definition) is 0. The molecule has 0 aliphatic carbocycles. The zero-order valence-electron chi connectivity index (χ0n) is 10.7. The van der Waals surface area contributed by atoms with Crippen LogP contribution >= 0.6 is 0 Å². The molecule has 1 aromatic rings. The van der Waals surface area contributed by atoms with Gasteiger partial charge in [0.15, 0.2) is 0 Å². The number of rotatable bonds is 2. The Labute approximate surface area is 111 Å². The first-order valence-corrected chi connectivity index (χ1v) is 5.88. The van der Waals surface area contributed by atoms with E-state index in [4.69, 9.17) is 9.31 Å². The summed E-state index contributed by atoms with van der Waals surface area (Å²) in [4.78, 5) is 24.7. The lowest BCUT2D eigenvalue weighted by Gasteiger charge is -2.23. The van der Waals surface area contributed by atoms with Gasteiger partial charge in [-0.15, -0.1) is 0 Å². The average molecular weight is 259 g/mol. The van der Waals surface area contributed by atoms with E-state index in [9.17, 15) is 9.59 Å². The molecule has 6 heteroatoms. The highest BCUT2D eigenvalue weighted by atomic mass is 16.6. The van der Waals surface area contributed by atoms with Crippen molar-refractivity contribution in [3.8, 4) is 0 Å². The molecule has 0 unspecified atom stereocenters. The Morgan fingerprint density at radius 3 is 2.21 bits per heavy atom. The molecule has 0 saturated carbocycles. The Morgan fingerprint density at radius 2 is 1.68 bits per heavy atom. The fourth-order valence-electron chi connectivity index (χ4n) is 1.76.